The van der Waals surface area contributed by atoms with Crippen LogP contribution < -0.4 is 0 Å². The average molecular weight is 212 g/mol. The SMILES string of the molecule is CCc1ccc(C(O)CCC(C)C)s1. The molecule has 14 heavy (non-hydrogen) atoms. The van der Waals surface area contributed by atoms with Crippen molar-refractivity contribution in [2.45, 2.75) is 46.1 Å². The van der Waals surface area contributed by atoms with Crippen LogP contribution in [0.4, 0.5) is 0 Å². The lowest BCUT2D eigenvalue weighted by molar-refractivity contribution is 0.163. The van der Waals surface area contributed by atoms with Gasteiger partial charge in [0.25, 0.3) is 0 Å². The predicted molar refractivity (Wildman–Crippen MR) is 62.7 cm³/mol. The van der Waals surface area contributed by atoms with Gasteiger partial charge in [0, 0.05) is 9.75 Å². The number of rotatable bonds is 5. The third kappa shape index (κ3) is 3.43. The topological polar surface area (TPSA) is 20.2 Å². The number of hydrogen-bond donors (Lipinski definition) is 1. The van der Waals surface area contributed by atoms with Crippen LogP contribution in [-0.2, 0) is 6.42 Å². The van der Waals surface area contributed by atoms with Crippen molar-refractivity contribution in [3.63, 3.8) is 0 Å². The van der Waals surface area contributed by atoms with Crippen molar-refractivity contribution in [2.24, 2.45) is 5.92 Å². The standard InChI is InChI=1S/C12H20OS/c1-4-10-6-8-12(14-10)11(13)7-5-9(2)3/h6,8-9,11,13H,4-5,7H2,1-3H3. The van der Waals surface area contributed by atoms with Gasteiger partial charge in [0.1, 0.15) is 0 Å². The van der Waals surface area contributed by atoms with Crippen molar-refractivity contribution in [3.8, 4) is 0 Å². The van der Waals surface area contributed by atoms with Crippen LogP contribution in [0, 0.1) is 5.92 Å². The molecule has 0 saturated carbocycles. The summed E-state index contributed by atoms with van der Waals surface area (Å²) >= 11 is 1.74. The Morgan fingerprint density at radius 1 is 1.29 bits per heavy atom. The number of hydrogen-bond acceptors (Lipinski definition) is 2. The Morgan fingerprint density at radius 3 is 2.50 bits per heavy atom. The van der Waals surface area contributed by atoms with Gasteiger partial charge in [0.2, 0.25) is 0 Å². The van der Waals surface area contributed by atoms with Crippen LogP contribution in [0.15, 0.2) is 12.1 Å². The molecule has 0 radical (unpaired) electrons. The second-order valence-electron chi connectivity index (χ2n) is 4.14. The fraction of sp³-hybridized carbons (Fsp3) is 0.667. The molecule has 0 aliphatic rings. The van der Waals surface area contributed by atoms with Crippen LogP contribution in [-0.4, -0.2) is 5.11 Å². The van der Waals surface area contributed by atoms with E-state index in [0.29, 0.717) is 5.92 Å². The van der Waals surface area contributed by atoms with Gasteiger partial charge >= 0.3 is 0 Å². The van der Waals surface area contributed by atoms with Gasteiger partial charge < -0.3 is 5.11 Å². The molecule has 2 heteroatoms. The lowest BCUT2D eigenvalue weighted by Crippen LogP contribution is -1.97. The van der Waals surface area contributed by atoms with E-state index in [4.69, 9.17) is 0 Å². The first-order valence-corrected chi connectivity index (χ1v) is 6.21. The van der Waals surface area contributed by atoms with E-state index < -0.39 is 0 Å². The molecule has 0 bridgehead atoms. The minimum atomic E-state index is -0.248. The van der Waals surface area contributed by atoms with Gasteiger partial charge in [-0.3, -0.25) is 0 Å². The van der Waals surface area contributed by atoms with Gasteiger partial charge in [-0.25, -0.2) is 0 Å². The van der Waals surface area contributed by atoms with Gasteiger partial charge in [-0.2, -0.15) is 0 Å². The quantitative estimate of drug-likeness (QED) is 0.787. The van der Waals surface area contributed by atoms with Crippen LogP contribution in [0.1, 0.15) is 49.5 Å². The largest absolute Gasteiger partial charge is 0.388 e. The van der Waals surface area contributed by atoms with E-state index in [9.17, 15) is 5.11 Å². The summed E-state index contributed by atoms with van der Waals surface area (Å²) in [4.78, 5) is 2.49. The lowest BCUT2D eigenvalue weighted by atomic mass is 10.0. The summed E-state index contributed by atoms with van der Waals surface area (Å²) in [6, 6.07) is 4.19. The number of thiophene rings is 1. The van der Waals surface area contributed by atoms with Crippen molar-refractivity contribution in [1.29, 1.82) is 0 Å². The summed E-state index contributed by atoms with van der Waals surface area (Å²) in [6.07, 6.45) is 2.81. The summed E-state index contributed by atoms with van der Waals surface area (Å²) in [6.45, 7) is 6.54. The summed E-state index contributed by atoms with van der Waals surface area (Å²) in [7, 11) is 0. The lowest BCUT2D eigenvalue weighted by Gasteiger charge is -2.09. The third-order valence-corrected chi connectivity index (χ3v) is 3.71. The second-order valence-corrected chi connectivity index (χ2v) is 5.34. The smallest absolute Gasteiger partial charge is 0.0882 e. The van der Waals surface area contributed by atoms with Gasteiger partial charge in [0.05, 0.1) is 6.10 Å². The van der Waals surface area contributed by atoms with Crippen LogP contribution in [0.5, 0.6) is 0 Å². The Kier molecular flexibility index (Phi) is 4.63. The number of aliphatic hydroxyl groups is 1. The van der Waals surface area contributed by atoms with Crippen molar-refractivity contribution in [2.75, 3.05) is 0 Å². The van der Waals surface area contributed by atoms with E-state index in [1.54, 1.807) is 11.3 Å². The molecule has 0 saturated heterocycles. The molecule has 1 aromatic rings. The molecule has 1 N–H and O–H groups in total. The maximum Gasteiger partial charge on any atom is 0.0882 e. The number of aryl methyl sites for hydroxylation is 1. The Bertz CT molecular complexity index is 265. The molecular formula is C12H20OS. The summed E-state index contributed by atoms with van der Waals surface area (Å²) in [5.74, 6) is 0.676. The van der Waals surface area contributed by atoms with E-state index in [0.717, 1.165) is 24.1 Å². The van der Waals surface area contributed by atoms with Crippen LogP contribution in [0.25, 0.3) is 0 Å². The van der Waals surface area contributed by atoms with E-state index in [1.807, 2.05) is 0 Å². The van der Waals surface area contributed by atoms with Crippen molar-refractivity contribution >= 4 is 11.3 Å². The van der Waals surface area contributed by atoms with Crippen molar-refractivity contribution in [3.05, 3.63) is 21.9 Å². The molecule has 0 spiro atoms. The Balaban J connectivity index is 2.47. The molecule has 0 aliphatic carbocycles. The second kappa shape index (κ2) is 5.52. The number of aliphatic hydroxyl groups excluding tert-OH is 1. The Morgan fingerprint density at radius 2 is 2.00 bits per heavy atom. The monoisotopic (exact) mass is 212 g/mol. The maximum atomic E-state index is 9.89. The van der Waals surface area contributed by atoms with Crippen LogP contribution in [0.2, 0.25) is 0 Å². The van der Waals surface area contributed by atoms with E-state index in [2.05, 4.69) is 32.9 Å². The highest BCUT2D eigenvalue weighted by Crippen LogP contribution is 2.27. The fourth-order valence-corrected chi connectivity index (χ4v) is 2.37. The van der Waals surface area contributed by atoms with Gasteiger partial charge in [-0.15, -0.1) is 11.3 Å². The van der Waals surface area contributed by atoms with E-state index in [1.165, 1.54) is 4.88 Å². The molecule has 1 unspecified atom stereocenters. The Labute approximate surface area is 90.8 Å². The third-order valence-electron chi connectivity index (χ3n) is 2.38. The normalized spacial score (nSPS) is 13.5. The first-order chi connectivity index (χ1) is 6.63. The molecule has 1 atom stereocenters. The minimum absolute atomic E-state index is 0.248. The zero-order chi connectivity index (χ0) is 10.6. The summed E-state index contributed by atoms with van der Waals surface area (Å²) < 4.78 is 0. The molecule has 80 valence electrons. The highest BCUT2D eigenvalue weighted by molar-refractivity contribution is 7.12. The van der Waals surface area contributed by atoms with E-state index >= 15 is 0 Å². The molecule has 0 amide bonds. The van der Waals surface area contributed by atoms with E-state index in [-0.39, 0.29) is 6.10 Å². The predicted octanol–water partition coefficient (Wildman–Crippen LogP) is 3.78. The Hall–Kier alpha value is -0.340. The molecule has 0 fully saturated rings. The maximum absolute atomic E-state index is 9.89. The first-order valence-electron chi connectivity index (χ1n) is 5.40. The molecule has 0 aliphatic heterocycles. The van der Waals surface area contributed by atoms with Gasteiger partial charge in [-0.05, 0) is 37.3 Å². The highest BCUT2D eigenvalue weighted by Gasteiger charge is 2.10. The molecule has 1 rings (SSSR count). The summed E-state index contributed by atoms with van der Waals surface area (Å²) in [5.41, 5.74) is 0. The summed E-state index contributed by atoms with van der Waals surface area (Å²) in [5, 5.41) is 9.89. The molecule has 1 nitrogen and oxygen atoms in total. The molecule has 0 aromatic carbocycles. The highest BCUT2D eigenvalue weighted by atomic mass is 32.1. The zero-order valence-electron chi connectivity index (χ0n) is 9.29. The van der Waals surface area contributed by atoms with Crippen LogP contribution in [0.3, 0.4) is 0 Å². The van der Waals surface area contributed by atoms with Gasteiger partial charge in [-0.1, -0.05) is 20.8 Å². The molecule has 1 heterocycles. The van der Waals surface area contributed by atoms with Crippen molar-refractivity contribution < 1.29 is 5.11 Å². The first kappa shape index (κ1) is 11.7. The molecule has 1 aromatic heterocycles. The fourth-order valence-electron chi connectivity index (χ4n) is 1.40. The average Bonchev–Trinajstić information content (AvgIpc) is 2.62. The van der Waals surface area contributed by atoms with Gasteiger partial charge in [0.15, 0.2) is 0 Å². The van der Waals surface area contributed by atoms with Crippen molar-refractivity contribution in [1.82, 2.24) is 0 Å². The zero-order valence-corrected chi connectivity index (χ0v) is 10.1. The molecular weight excluding hydrogens is 192 g/mol. The minimum Gasteiger partial charge on any atom is -0.388 e. The van der Waals surface area contributed by atoms with Crippen LogP contribution >= 0.6 is 11.3 Å².